The lowest BCUT2D eigenvalue weighted by molar-refractivity contribution is -0.115. The van der Waals surface area contributed by atoms with Crippen molar-refractivity contribution in [2.75, 3.05) is 19.5 Å². The molecular formula is C22H24N2O3S2. The van der Waals surface area contributed by atoms with Crippen LogP contribution in [0, 0.1) is 13.8 Å². The van der Waals surface area contributed by atoms with Gasteiger partial charge >= 0.3 is 0 Å². The monoisotopic (exact) mass is 428 g/mol. The molecule has 3 rings (SSSR count). The summed E-state index contributed by atoms with van der Waals surface area (Å²) in [4.78, 5) is 17.0. The Morgan fingerprint density at radius 3 is 2.66 bits per heavy atom. The second-order valence-corrected chi connectivity index (χ2v) is 8.70. The molecule has 152 valence electrons. The van der Waals surface area contributed by atoms with E-state index in [1.807, 2.05) is 5.38 Å². The number of ether oxygens (including phenoxy) is 2. The molecule has 0 saturated heterocycles. The Bertz CT molecular complexity index is 1000. The first kappa shape index (κ1) is 21.2. The van der Waals surface area contributed by atoms with E-state index in [2.05, 4.69) is 42.3 Å². The number of amides is 1. The summed E-state index contributed by atoms with van der Waals surface area (Å²) >= 11 is 3.28. The molecule has 0 aliphatic heterocycles. The van der Waals surface area contributed by atoms with Gasteiger partial charge in [-0.3, -0.25) is 4.79 Å². The molecule has 3 aromatic rings. The van der Waals surface area contributed by atoms with E-state index in [1.165, 1.54) is 16.7 Å². The number of aromatic nitrogens is 1. The quantitative estimate of drug-likeness (QED) is 0.497. The number of hydrogen-bond acceptors (Lipinski definition) is 6. The van der Waals surface area contributed by atoms with E-state index in [0.29, 0.717) is 17.2 Å². The van der Waals surface area contributed by atoms with Crippen LogP contribution < -0.4 is 14.8 Å². The van der Waals surface area contributed by atoms with Crippen LogP contribution in [0.4, 0.5) is 5.69 Å². The van der Waals surface area contributed by atoms with Gasteiger partial charge < -0.3 is 14.8 Å². The number of nitrogens with zero attached hydrogens (tertiary/aromatic N) is 1. The van der Waals surface area contributed by atoms with Gasteiger partial charge in [0.25, 0.3) is 0 Å². The zero-order valence-electron chi connectivity index (χ0n) is 16.9. The van der Waals surface area contributed by atoms with Gasteiger partial charge in [-0.25, -0.2) is 4.98 Å². The molecule has 0 spiro atoms. The Labute approximate surface area is 179 Å². The van der Waals surface area contributed by atoms with E-state index in [-0.39, 0.29) is 12.3 Å². The highest BCUT2D eigenvalue weighted by Gasteiger charge is 2.11. The van der Waals surface area contributed by atoms with E-state index in [9.17, 15) is 4.79 Å². The van der Waals surface area contributed by atoms with Gasteiger partial charge in [0.05, 0.1) is 26.3 Å². The molecule has 1 heterocycles. The van der Waals surface area contributed by atoms with Gasteiger partial charge in [0, 0.05) is 22.9 Å². The Balaban J connectivity index is 1.57. The largest absolute Gasteiger partial charge is 0.493 e. The van der Waals surface area contributed by atoms with Crippen molar-refractivity contribution in [1.82, 2.24) is 4.98 Å². The Morgan fingerprint density at radius 2 is 1.90 bits per heavy atom. The molecule has 0 aliphatic rings. The minimum atomic E-state index is -0.117. The van der Waals surface area contributed by atoms with Crippen molar-refractivity contribution in [2.45, 2.75) is 30.4 Å². The third-order valence-electron chi connectivity index (χ3n) is 4.40. The number of thioether (sulfide) groups is 1. The molecule has 7 heteroatoms. The molecule has 0 unspecified atom stereocenters. The van der Waals surface area contributed by atoms with Gasteiger partial charge in [-0.2, -0.15) is 0 Å². The van der Waals surface area contributed by atoms with Gasteiger partial charge in [0.15, 0.2) is 11.5 Å². The molecular weight excluding hydrogens is 404 g/mol. The predicted molar refractivity (Wildman–Crippen MR) is 119 cm³/mol. The normalized spacial score (nSPS) is 10.6. The van der Waals surface area contributed by atoms with Crippen LogP contribution in [0.25, 0.3) is 0 Å². The van der Waals surface area contributed by atoms with Crippen molar-refractivity contribution in [2.24, 2.45) is 0 Å². The van der Waals surface area contributed by atoms with E-state index < -0.39 is 0 Å². The standard InChI is InChI=1S/C22H24N2O3S2/c1-14-5-6-15(2)16(9-14)12-28-22-24-18(13-29-22)11-21(25)23-17-7-8-19(26-3)20(10-17)27-4/h5-10,13H,11-12H2,1-4H3,(H,23,25). The minimum absolute atomic E-state index is 0.117. The van der Waals surface area contributed by atoms with Crippen LogP contribution in [0.3, 0.4) is 0 Å². The molecule has 0 fully saturated rings. The van der Waals surface area contributed by atoms with E-state index >= 15 is 0 Å². The van der Waals surface area contributed by atoms with Crippen LogP contribution >= 0.6 is 23.1 Å². The highest BCUT2D eigenvalue weighted by atomic mass is 32.2. The van der Waals surface area contributed by atoms with Crippen LogP contribution in [0.2, 0.25) is 0 Å². The maximum absolute atomic E-state index is 12.4. The summed E-state index contributed by atoms with van der Waals surface area (Å²) in [7, 11) is 3.14. The molecule has 1 N–H and O–H groups in total. The third kappa shape index (κ3) is 5.74. The first-order valence-corrected chi connectivity index (χ1v) is 11.0. The Kier molecular flexibility index (Phi) is 7.17. The lowest BCUT2D eigenvalue weighted by Gasteiger charge is -2.10. The van der Waals surface area contributed by atoms with Crippen LogP contribution in [0.15, 0.2) is 46.1 Å². The van der Waals surface area contributed by atoms with Gasteiger partial charge in [0.1, 0.15) is 4.34 Å². The zero-order valence-corrected chi connectivity index (χ0v) is 18.6. The Morgan fingerprint density at radius 1 is 1.10 bits per heavy atom. The first-order chi connectivity index (χ1) is 14.0. The van der Waals surface area contributed by atoms with Gasteiger partial charge in [-0.15, -0.1) is 11.3 Å². The summed E-state index contributed by atoms with van der Waals surface area (Å²) in [6.07, 6.45) is 0.231. The van der Waals surface area contributed by atoms with Crippen molar-refractivity contribution in [1.29, 1.82) is 0 Å². The number of rotatable bonds is 8. The fraction of sp³-hybridized carbons (Fsp3) is 0.273. The molecule has 1 aromatic heterocycles. The fourth-order valence-electron chi connectivity index (χ4n) is 2.81. The maximum Gasteiger partial charge on any atom is 0.230 e. The molecule has 0 aliphatic carbocycles. The summed E-state index contributed by atoms with van der Waals surface area (Å²) in [5.74, 6) is 1.95. The summed E-state index contributed by atoms with van der Waals surface area (Å²) in [6.45, 7) is 4.23. The third-order valence-corrected chi connectivity index (χ3v) is 6.51. The van der Waals surface area contributed by atoms with Gasteiger partial charge in [-0.1, -0.05) is 35.5 Å². The highest BCUT2D eigenvalue weighted by Crippen LogP contribution is 2.30. The van der Waals surface area contributed by atoms with Crippen LogP contribution in [-0.4, -0.2) is 25.1 Å². The average Bonchev–Trinajstić information content (AvgIpc) is 3.15. The number of benzene rings is 2. The average molecular weight is 429 g/mol. The van der Waals surface area contributed by atoms with E-state index in [4.69, 9.17) is 9.47 Å². The van der Waals surface area contributed by atoms with Gasteiger partial charge in [0.2, 0.25) is 5.91 Å². The number of aryl methyl sites for hydroxylation is 2. The topological polar surface area (TPSA) is 60.5 Å². The van der Waals surface area contributed by atoms with Crippen LogP contribution in [-0.2, 0) is 17.0 Å². The maximum atomic E-state index is 12.4. The summed E-state index contributed by atoms with van der Waals surface area (Å²) in [5, 5.41) is 4.82. The number of hydrogen-bond donors (Lipinski definition) is 1. The summed E-state index contributed by atoms with van der Waals surface area (Å²) < 4.78 is 11.5. The fourth-order valence-corrected chi connectivity index (χ4v) is 4.72. The lowest BCUT2D eigenvalue weighted by atomic mass is 10.1. The number of methoxy groups -OCH3 is 2. The number of thiazole rings is 1. The second-order valence-electron chi connectivity index (χ2n) is 6.62. The smallest absolute Gasteiger partial charge is 0.230 e. The minimum Gasteiger partial charge on any atom is -0.493 e. The zero-order chi connectivity index (χ0) is 20.8. The molecule has 0 bridgehead atoms. The summed E-state index contributed by atoms with van der Waals surface area (Å²) in [5.41, 5.74) is 5.30. The van der Waals surface area contributed by atoms with Crippen molar-refractivity contribution in [3.05, 3.63) is 64.2 Å². The van der Waals surface area contributed by atoms with Crippen molar-refractivity contribution >= 4 is 34.7 Å². The van der Waals surface area contributed by atoms with Crippen molar-refractivity contribution in [3.8, 4) is 11.5 Å². The van der Waals surface area contributed by atoms with Crippen molar-refractivity contribution < 1.29 is 14.3 Å². The van der Waals surface area contributed by atoms with Crippen LogP contribution in [0.1, 0.15) is 22.4 Å². The Hall–Kier alpha value is -2.51. The summed E-state index contributed by atoms with van der Waals surface area (Å²) in [6, 6.07) is 11.8. The number of carbonyl (C=O) groups excluding carboxylic acids is 1. The number of anilines is 1. The first-order valence-electron chi connectivity index (χ1n) is 9.13. The lowest BCUT2D eigenvalue weighted by Crippen LogP contribution is -2.14. The van der Waals surface area contributed by atoms with Gasteiger partial charge in [-0.05, 0) is 37.1 Å². The molecule has 5 nitrogen and oxygen atoms in total. The van der Waals surface area contributed by atoms with Crippen molar-refractivity contribution in [3.63, 3.8) is 0 Å². The molecule has 0 atom stereocenters. The number of nitrogens with one attached hydrogen (secondary N) is 1. The van der Waals surface area contributed by atoms with E-state index in [0.717, 1.165) is 15.8 Å². The molecule has 29 heavy (non-hydrogen) atoms. The molecule has 1 amide bonds. The molecule has 0 radical (unpaired) electrons. The van der Waals surface area contributed by atoms with Crippen LogP contribution in [0.5, 0.6) is 11.5 Å². The van der Waals surface area contributed by atoms with E-state index in [1.54, 1.807) is 55.5 Å². The highest BCUT2D eigenvalue weighted by molar-refractivity contribution is 8.00. The second kappa shape index (κ2) is 9.80. The predicted octanol–water partition coefficient (Wildman–Crippen LogP) is 5.25. The molecule has 0 saturated carbocycles. The molecule has 2 aromatic carbocycles. The SMILES string of the molecule is COc1ccc(NC(=O)Cc2csc(SCc3cc(C)ccc3C)n2)cc1OC. The number of carbonyl (C=O) groups is 1.